The molecule has 1 unspecified atom stereocenters. The van der Waals surface area contributed by atoms with E-state index in [2.05, 4.69) is 6.92 Å². The molecule has 0 saturated heterocycles. The average Bonchev–Trinajstić information content (AvgIpc) is 3.21. The monoisotopic (exact) mass is 486 g/mol. The van der Waals surface area contributed by atoms with E-state index in [1.165, 1.54) is 0 Å². The molecule has 194 valence electrons. The zero-order valence-electron chi connectivity index (χ0n) is 22.4. The van der Waals surface area contributed by atoms with Crippen molar-refractivity contribution in [2.75, 3.05) is 6.79 Å². The third-order valence-electron chi connectivity index (χ3n) is 5.97. The highest BCUT2D eigenvalue weighted by Gasteiger charge is 2.35. The van der Waals surface area contributed by atoms with Crippen LogP contribution in [0.2, 0.25) is 0 Å². The van der Waals surface area contributed by atoms with Gasteiger partial charge in [0.2, 0.25) is 6.79 Å². The van der Waals surface area contributed by atoms with Gasteiger partial charge in [0.1, 0.15) is 0 Å². The Morgan fingerprint density at radius 2 is 1.66 bits per heavy atom. The number of carbonyl (C=O) groups is 2. The molecular weight excluding hydrogens is 444 g/mol. The summed E-state index contributed by atoms with van der Waals surface area (Å²) < 4.78 is 16.5. The van der Waals surface area contributed by atoms with Gasteiger partial charge in [-0.3, -0.25) is 0 Å². The highest BCUT2D eigenvalue weighted by molar-refractivity contribution is 5.93. The van der Waals surface area contributed by atoms with Gasteiger partial charge >= 0.3 is 11.9 Å². The summed E-state index contributed by atoms with van der Waals surface area (Å²) in [6.07, 6.45) is 7.98. The predicted octanol–water partition coefficient (Wildman–Crippen LogP) is 7.17. The Kier molecular flexibility index (Phi) is 9.99. The van der Waals surface area contributed by atoms with Crippen LogP contribution in [0.15, 0.2) is 35.4 Å². The van der Waals surface area contributed by atoms with Crippen molar-refractivity contribution < 1.29 is 28.9 Å². The highest BCUT2D eigenvalue weighted by atomic mass is 16.7. The number of ether oxygens (including phenoxy) is 3. The van der Waals surface area contributed by atoms with Gasteiger partial charge in [-0.1, -0.05) is 92.4 Å². The van der Waals surface area contributed by atoms with Crippen LogP contribution in [0.3, 0.4) is 0 Å². The second kappa shape index (κ2) is 12.3. The van der Waals surface area contributed by atoms with Crippen molar-refractivity contribution in [1.82, 2.24) is 0 Å². The van der Waals surface area contributed by atoms with Crippen molar-refractivity contribution in [2.45, 2.75) is 93.1 Å². The molecule has 1 aromatic rings. The number of hydrogen-bond acceptors (Lipinski definition) is 5. The second-order valence-electron chi connectivity index (χ2n) is 11.2. The van der Waals surface area contributed by atoms with Crippen LogP contribution in [0, 0.1) is 10.8 Å². The molecule has 0 bridgehead atoms. The van der Waals surface area contributed by atoms with Gasteiger partial charge in [0.05, 0.1) is 0 Å². The molecule has 0 aromatic heterocycles. The Morgan fingerprint density at radius 3 is 2.26 bits per heavy atom. The fourth-order valence-electron chi connectivity index (χ4n) is 4.08. The van der Waals surface area contributed by atoms with Crippen LogP contribution in [0.5, 0.6) is 11.5 Å². The predicted molar refractivity (Wildman–Crippen MR) is 138 cm³/mol. The summed E-state index contributed by atoms with van der Waals surface area (Å²) >= 11 is 0. The van der Waals surface area contributed by atoms with E-state index < -0.39 is 23.5 Å². The molecule has 1 N–H and O–H groups in total. The van der Waals surface area contributed by atoms with Crippen molar-refractivity contribution in [3.05, 3.63) is 41.0 Å². The fourth-order valence-corrected chi connectivity index (χ4v) is 4.08. The second-order valence-corrected chi connectivity index (χ2v) is 11.2. The standard InChI is InChI=1S/C29H42O6/c1-8-9-10-11-12-13-23(26(30)31)35-27(32)25(29(5,6)7)21(28(2,3)4)16-14-20-15-17-22-24(18-20)34-19-33-22/h14-18,23H,8-13,19H2,1-7H3,(H,30,31). The topological polar surface area (TPSA) is 82.1 Å². The largest absolute Gasteiger partial charge is 0.479 e. The van der Waals surface area contributed by atoms with Crippen LogP contribution < -0.4 is 9.47 Å². The van der Waals surface area contributed by atoms with E-state index in [1.54, 1.807) is 0 Å². The normalized spacial score (nSPS) is 15.2. The SMILES string of the molecule is CCCCCCCC(OC(=O)C(=C(C=Cc1ccc2c(c1)OCO2)C(C)(C)C)C(C)(C)C)C(=O)O. The van der Waals surface area contributed by atoms with E-state index in [-0.39, 0.29) is 12.2 Å². The number of esters is 1. The maximum atomic E-state index is 13.5. The number of carbonyl (C=O) groups excluding carboxylic acids is 1. The van der Waals surface area contributed by atoms with Crippen molar-refractivity contribution in [2.24, 2.45) is 10.8 Å². The molecular formula is C29H42O6. The van der Waals surface area contributed by atoms with E-state index in [9.17, 15) is 14.7 Å². The summed E-state index contributed by atoms with van der Waals surface area (Å²) in [5.41, 5.74) is 1.27. The molecule has 0 spiro atoms. The zero-order valence-corrected chi connectivity index (χ0v) is 22.4. The third-order valence-corrected chi connectivity index (χ3v) is 5.97. The molecule has 2 rings (SSSR count). The summed E-state index contributed by atoms with van der Waals surface area (Å²) in [6.45, 7) is 14.3. The number of fused-ring (bicyclic) bond motifs is 1. The Balaban J connectivity index is 2.35. The first-order valence-corrected chi connectivity index (χ1v) is 12.6. The molecule has 0 amide bonds. The average molecular weight is 487 g/mol. The lowest BCUT2D eigenvalue weighted by Crippen LogP contribution is -2.32. The molecule has 1 aliphatic heterocycles. The molecule has 0 fully saturated rings. The first kappa shape index (κ1) is 28.5. The third kappa shape index (κ3) is 8.44. The summed E-state index contributed by atoms with van der Waals surface area (Å²) in [7, 11) is 0. The van der Waals surface area contributed by atoms with Crippen LogP contribution in [-0.4, -0.2) is 29.9 Å². The summed E-state index contributed by atoms with van der Waals surface area (Å²) in [5.74, 6) is -0.275. The lowest BCUT2D eigenvalue weighted by molar-refractivity contribution is -0.162. The Hall–Kier alpha value is -2.76. The molecule has 1 heterocycles. The van der Waals surface area contributed by atoms with E-state index in [1.807, 2.05) is 71.9 Å². The highest BCUT2D eigenvalue weighted by Crippen LogP contribution is 2.39. The van der Waals surface area contributed by atoms with E-state index in [4.69, 9.17) is 14.2 Å². The van der Waals surface area contributed by atoms with Crippen LogP contribution in [0.1, 0.15) is 92.6 Å². The maximum Gasteiger partial charge on any atom is 0.345 e. The Bertz CT molecular complexity index is 943. The quantitative estimate of drug-likeness (QED) is 0.154. The van der Waals surface area contributed by atoms with Crippen LogP contribution in [0.4, 0.5) is 0 Å². The molecule has 1 atom stereocenters. The van der Waals surface area contributed by atoms with Crippen molar-refractivity contribution >= 4 is 18.0 Å². The van der Waals surface area contributed by atoms with Crippen LogP contribution in [0.25, 0.3) is 6.08 Å². The molecule has 0 radical (unpaired) electrons. The summed E-state index contributed by atoms with van der Waals surface area (Å²) in [5, 5.41) is 9.71. The molecule has 6 heteroatoms. The first-order chi connectivity index (χ1) is 16.3. The lowest BCUT2D eigenvalue weighted by atomic mass is 9.74. The number of allylic oxidation sites excluding steroid dienone is 2. The van der Waals surface area contributed by atoms with Crippen molar-refractivity contribution in [3.63, 3.8) is 0 Å². The summed E-state index contributed by atoms with van der Waals surface area (Å²) in [6, 6.07) is 5.69. The van der Waals surface area contributed by atoms with Gasteiger partial charge in [0, 0.05) is 5.57 Å². The number of rotatable bonds is 11. The molecule has 35 heavy (non-hydrogen) atoms. The number of carboxylic acids is 1. The van der Waals surface area contributed by atoms with Gasteiger partial charge in [-0.15, -0.1) is 0 Å². The molecule has 6 nitrogen and oxygen atoms in total. The molecule has 0 aliphatic carbocycles. The van der Waals surface area contributed by atoms with E-state index >= 15 is 0 Å². The Labute approximate surface area is 210 Å². The smallest absolute Gasteiger partial charge is 0.345 e. The van der Waals surface area contributed by atoms with Gasteiger partial charge in [-0.25, -0.2) is 9.59 Å². The van der Waals surface area contributed by atoms with Crippen LogP contribution >= 0.6 is 0 Å². The minimum absolute atomic E-state index is 0.207. The van der Waals surface area contributed by atoms with Gasteiger partial charge in [-0.2, -0.15) is 0 Å². The number of benzene rings is 1. The first-order valence-electron chi connectivity index (χ1n) is 12.6. The van der Waals surface area contributed by atoms with Gasteiger partial charge in [0.15, 0.2) is 17.6 Å². The summed E-state index contributed by atoms with van der Waals surface area (Å²) in [4.78, 5) is 25.3. The Morgan fingerprint density at radius 1 is 1.00 bits per heavy atom. The van der Waals surface area contributed by atoms with E-state index in [0.717, 1.165) is 43.2 Å². The maximum absolute atomic E-state index is 13.5. The minimum Gasteiger partial charge on any atom is -0.479 e. The molecule has 1 aromatic carbocycles. The van der Waals surface area contributed by atoms with Gasteiger partial charge < -0.3 is 19.3 Å². The number of aliphatic carboxylic acids is 1. The number of carboxylic acid groups (broad SMARTS) is 1. The van der Waals surface area contributed by atoms with E-state index in [0.29, 0.717) is 23.5 Å². The molecule has 1 aliphatic rings. The zero-order chi connectivity index (χ0) is 26.2. The number of unbranched alkanes of at least 4 members (excludes halogenated alkanes) is 4. The van der Waals surface area contributed by atoms with Gasteiger partial charge in [0.25, 0.3) is 0 Å². The van der Waals surface area contributed by atoms with Crippen molar-refractivity contribution in [3.8, 4) is 11.5 Å². The fraction of sp³-hybridized carbons (Fsp3) is 0.586. The number of hydrogen-bond donors (Lipinski definition) is 1. The van der Waals surface area contributed by atoms with Gasteiger partial charge in [-0.05, 0) is 46.9 Å². The minimum atomic E-state index is -1.15. The van der Waals surface area contributed by atoms with Crippen LogP contribution in [-0.2, 0) is 14.3 Å². The lowest BCUT2D eigenvalue weighted by Gasteiger charge is -2.31. The molecule has 0 saturated carbocycles. The van der Waals surface area contributed by atoms with Crippen molar-refractivity contribution in [1.29, 1.82) is 0 Å².